The van der Waals surface area contributed by atoms with Gasteiger partial charge in [-0.2, -0.15) is 0 Å². The van der Waals surface area contributed by atoms with E-state index < -0.39 is 6.10 Å². The van der Waals surface area contributed by atoms with E-state index in [1.165, 1.54) is 0 Å². The molecule has 0 aliphatic heterocycles. The fraction of sp³-hybridized carbons (Fsp3) is 0.500. The van der Waals surface area contributed by atoms with Gasteiger partial charge in [-0.1, -0.05) is 29.8 Å². The molecule has 0 saturated carbocycles. The Morgan fingerprint density at radius 2 is 1.95 bits per heavy atom. The van der Waals surface area contributed by atoms with Crippen molar-refractivity contribution < 1.29 is 9.90 Å². The summed E-state index contributed by atoms with van der Waals surface area (Å²) in [5.74, 6) is -0.00818. The lowest BCUT2D eigenvalue weighted by atomic mass is 10.1. The summed E-state index contributed by atoms with van der Waals surface area (Å²) in [6.45, 7) is 5.14. The molecule has 1 rings (SSSR count). The van der Waals surface area contributed by atoms with E-state index in [0.717, 1.165) is 11.1 Å². The maximum atomic E-state index is 11.7. The van der Waals surface area contributed by atoms with Crippen molar-refractivity contribution in [1.29, 1.82) is 0 Å². The van der Waals surface area contributed by atoms with E-state index in [1.54, 1.807) is 4.90 Å². The van der Waals surface area contributed by atoms with Crippen LogP contribution in [-0.4, -0.2) is 35.5 Å². The Bertz CT molecular complexity index is 382. The summed E-state index contributed by atoms with van der Waals surface area (Å²) in [7, 11) is 0. The van der Waals surface area contributed by atoms with E-state index in [2.05, 4.69) is 0 Å². The Morgan fingerprint density at radius 1 is 1.37 bits per heavy atom. The first-order valence-electron chi connectivity index (χ1n) is 6.31. The third-order valence-electron chi connectivity index (χ3n) is 2.95. The molecule has 1 amide bonds. The van der Waals surface area contributed by atoms with Crippen molar-refractivity contribution in [2.45, 2.75) is 26.4 Å². The van der Waals surface area contributed by atoms with Gasteiger partial charge in [0.1, 0.15) is 0 Å². The Labute approximate surface area is 121 Å². The van der Waals surface area contributed by atoms with Gasteiger partial charge in [0.15, 0.2) is 0 Å². The molecule has 3 N–H and O–H groups in total. The summed E-state index contributed by atoms with van der Waals surface area (Å²) in [5.41, 5.74) is 7.35. The highest BCUT2D eigenvalue weighted by atomic mass is 35.5. The van der Waals surface area contributed by atoms with E-state index in [0.29, 0.717) is 26.1 Å². The molecule has 0 spiro atoms. The third-order valence-corrected chi connectivity index (χ3v) is 2.95. The molecular formula is C14H23ClN2O2. The number of amides is 1. The number of hydrogen-bond acceptors (Lipinski definition) is 3. The van der Waals surface area contributed by atoms with Gasteiger partial charge in [-0.25, -0.2) is 0 Å². The highest BCUT2D eigenvalue weighted by molar-refractivity contribution is 5.85. The van der Waals surface area contributed by atoms with Crippen LogP contribution in [0.1, 0.15) is 30.6 Å². The van der Waals surface area contributed by atoms with Gasteiger partial charge in [0, 0.05) is 19.5 Å². The molecule has 4 nitrogen and oxygen atoms in total. The molecule has 1 aromatic carbocycles. The number of aryl methyl sites for hydroxylation is 1. The maximum absolute atomic E-state index is 11.7. The molecule has 108 valence electrons. The molecule has 0 aromatic heterocycles. The molecule has 0 fully saturated rings. The standard InChI is InChI=1S/C14H22N2O2.ClH/c1-3-16(14(18)8-9-15)10-13(17)12-6-4-11(2)5-7-12;/h4-7,13,17H,3,8-10,15H2,1-2H3;1H. The second kappa shape index (κ2) is 8.91. The number of halogens is 1. The fourth-order valence-electron chi connectivity index (χ4n) is 1.79. The summed E-state index contributed by atoms with van der Waals surface area (Å²) >= 11 is 0. The second-order valence-corrected chi connectivity index (χ2v) is 4.40. The number of hydrogen-bond donors (Lipinski definition) is 2. The zero-order valence-electron chi connectivity index (χ0n) is 11.5. The number of rotatable bonds is 6. The molecule has 1 atom stereocenters. The molecule has 0 saturated heterocycles. The number of aliphatic hydroxyl groups is 1. The Morgan fingerprint density at radius 3 is 2.42 bits per heavy atom. The average Bonchev–Trinajstić information content (AvgIpc) is 2.36. The van der Waals surface area contributed by atoms with Gasteiger partial charge < -0.3 is 15.7 Å². The largest absolute Gasteiger partial charge is 0.387 e. The van der Waals surface area contributed by atoms with E-state index in [1.807, 2.05) is 38.1 Å². The summed E-state index contributed by atoms with van der Waals surface area (Å²) in [5, 5.41) is 10.1. The fourth-order valence-corrected chi connectivity index (χ4v) is 1.79. The zero-order valence-corrected chi connectivity index (χ0v) is 12.3. The minimum atomic E-state index is -0.646. The van der Waals surface area contributed by atoms with Crippen LogP contribution in [0.5, 0.6) is 0 Å². The molecule has 1 aromatic rings. The highest BCUT2D eigenvalue weighted by Crippen LogP contribution is 2.15. The lowest BCUT2D eigenvalue weighted by Gasteiger charge is -2.24. The van der Waals surface area contributed by atoms with Crippen LogP contribution in [0.15, 0.2) is 24.3 Å². The van der Waals surface area contributed by atoms with E-state index >= 15 is 0 Å². The van der Waals surface area contributed by atoms with Crippen molar-refractivity contribution >= 4 is 18.3 Å². The number of aliphatic hydroxyl groups excluding tert-OH is 1. The van der Waals surface area contributed by atoms with Crippen molar-refractivity contribution in [3.63, 3.8) is 0 Å². The molecule has 0 radical (unpaired) electrons. The minimum Gasteiger partial charge on any atom is -0.387 e. The van der Waals surface area contributed by atoms with Crippen molar-refractivity contribution in [2.75, 3.05) is 19.6 Å². The number of likely N-dealkylation sites (N-methyl/N-ethyl adjacent to an activating group) is 1. The Balaban J connectivity index is 0.00000324. The van der Waals surface area contributed by atoms with Gasteiger partial charge in [0.05, 0.1) is 12.6 Å². The van der Waals surface area contributed by atoms with Crippen molar-refractivity contribution in [2.24, 2.45) is 5.73 Å². The third kappa shape index (κ3) is 5.59. The normalized spacial score (nSPS) is 11.6. The molecule has 0 aliphatic rings. The van der Waals surface area contributed by atoms with Crippen LogP contribution in [0.3, 0.4) is 0 Å². The van der Waals surface area contributed by atoms with Crippen LogP contribution >= 0.6 is 12.4 Å². The number of nitrogens with two attached hydrogens (primary N) is 1. The van der Waals surface area contributed by atoms with Crippen LogP contribution < -0.4 is 5.73 Å². The quantitative estimate of drug-likeness (QED) is 0.836. The van der Waals surface area contributed by atoms with Gasteiger partial charge in [-0.3, -0.25) is 4.79 Å². The van der Waals surface area contributed by atoms with Crippen LogP contribution in [-0.2, 0) is 4.79 Å². The van der Waals surface area contributed by atoms with Crippen LogP contribution in [0.4, 0.5) is 0 Å². The second-order valence-electron chi connectivity index (χ2n) is 4.40. The van der Waals surface area contributed by atoms with Gasteiger partial charge in [0.2, 0.25) is 5.91 Å². The van der Waals surface area contributed by atoms with E-state index in [9.17, 15) is 9.90 Å². The van der Waals surface area contributed by atoms with Gasteiger partial charge in [0.25, 0.3) is 0 Å². The molecule has 1 unspecified atom stereocenters. The van der Waals surface area contributed by atoms with E-state index in [-0.39, 0.29) is 18.3 Å². The van der Waals surface area contributed by atoms with Crippen molar-refractivity contribution in [1.82, 2.24) is 4.90 Å². The van der Waals surface area contributed by atoms with Gasteiger partial charge in [-0.05, 0) is 19.4 Å². The minimum absolute atomic E-state index is 0. The molecule has 5 heteroatoms. The Kier molecular flexibility index (Phi) is 8.39. The van der Waals surface area contributed by atoms with Crippen LogP contribution in [0.2, 0.25) is 0 Å². The summed E-state index contributed by atoms with van der Waals surface area (Å²) in [6.07, 6.45) is -0.318. The lowest BCUT2D eigenvalue weighted by molar-refractivity contribution is -0.132. The first kappa shape index (κ1) is 17.9. The first-order valence-corrected chi connectivity index (χ1v) is 6.31. The molecule has 0 aliphatic carbocycles. The van der Waals surface area contributed by atoms with Gasteiger partial charge >= 0.3 is 0 Å². The predicted molar refractivity (Wildman–Crippen MR) is 79.3 cm³/mol. The summed E-state index contributed by atoms with van der Waals surface area (Å²) in [6, 6.07) is 7.69. The summed E-state index contributed by atoms with van der Waals surface area (Å²) in [4.78, 5) is 13.4. The smallest absolute Gasteiger partial charge is 0.223 e. The number of nitrogens with zero attached hydrogens (tertiary/aromatic N) is 1. The number of carbonyl (C=O) groups is 1. The van der Waals surface area contributed by atoms with Crippen LogP contribution in [0.25, 0.3) is 0 Å². The first-order chi connectivity index (χ1) is 8.58. The van der Waals surface area contributed by atoms with E-state index in [4.69, 9.17) is 5.73 Å². The predicted octanol–water partition coefficient (Wildman–Crippen LogP) is 1.65. The average molecular weight is 287 g/mol. The number of carbonyl (C=O) groups excluding carboxylic acids is 1. The summed E-state index contributed by atoms with van der Waals surface area (Å²) < 4.78 is 0. The topological polar surface area (TPSA) is 66.6 Å². The Hall–Kier alpha value is -1.10. The maximum Gasteiger partial charge on any atom is 0.223 e. The van der Waals surface area contributed by atoms with Crippen molar-refractivity contribution in [3.05, 3.63) is 35.4 Å². The highest BCUT2D eigenvalue weighted by Gasteiger charge is 2.16. The monoisotopic (exact) mass is 286 g/mol. The number of benzene rings is 1. The van der Waals surface area contributed by atoms with Crippen LogP contribution in [0, 0.1) is 6.92 Å². The lowest BCUT2D eigenvalue weighted by Crippen LogP contribution is -2.35. The SMILES string of the molecule is CCN(CC(O)c1ccc(C)cc1)C(=O)CCN.Cl. The van der Waals surface area contributed by atoms with Crippen molar-refractivity contribution in [3.8, 4) is 0 Å². The molecule has 0 heterocycles. The molecule has 0 bridgehead atoms. The van der Waals surface area contributed by atoms with Gasteiger partial charge in [-0.15, -0.1) is 12.4 Å². The molecule has 19 heavy (non-hydrogen) atoms. The molecular weight excluding hydrogens is 264 g/mol. The zero-order chi connectivity index (χ0) is 13.5.